The third-order valence-electron chi connectivity index (χ3n) is 9.87. The van der Waals surface area contributed by atoms with E-state index in [2.05, 4.69) is 25.7 Å². The van der Waals surface area contributed by atoms with E-state index in [9.17, 15) is 0 Å². The van der Waals surface area contributed by atoms with Crippen molar-refractivity contribution >= 4 is 0 Å². The minimum atomic E-state index is 0.576. The maximum atomic E-state index is 2.88. The van der Waals surface area contributed by atoms with E-state index in [0.29, 0.717) is 10.8 Å². The van der Waals surface area contributed by atoms with E-state index in [-0.39, 0.29) is 0 Å². The first-order chi connectivity index (χ1) is 10.9. The van der Waals surface area contributed by atoms with Gasteiger partial charge in [-0.2, -0.15) is 0 Å². The second-order valence-electron chi connectivity index (χ2n) is 11.1. The molecule has 1 aliphatic heterocycles. The first-order valence-corrected chi connectivity index (χ1v) is 10.7. The van der Waals surface area contributed by atoms with Gasteiger partial charge in [0.25, 0.3) is 0 Å². The van der Waals surface area contributed by atoms with Crippen molar-refractivity contribution in [1.29, 1.82) is 0 Å². The van der Waals surface area contributed by atoms with Gasteiger partial charge in [-0.1, -0.05) is 20.8 Å². The normalized spacial score (nSPS) is 53.9. The summed E-state index contributed by atoms with van der Waals surface area (Å²) in [6, 6.07) is 0. The summed E-state index contributed by atoms with van der Waals surface area (Å²) in [6.07, 6.45) is 12.5. The Morgan fingerprint density at radius 1 is 0.913 bits per heavy atom. The van der Waals surface area contributed by atoms with Crippen LogP contribution in [0.1, 0.15) is 72.1 Å². The SMILES string of the molecule is CC12CCC(CN(CCC3C4CC5CC(C4)CC3C5)C1)C2(C)C. The second-order valence-corrected chi connectivity index (χ2v) is 11.1. The summed E-state index contributed by atoms with van der Waals surface area (Å²) < 4.78 is 0. The summed E-state index contributed by atoms with van der Waals surface area (Å²) in [7, 11) is 0. The third kappa shape index (κ3) is 2.21. The summed E-state index contributed by atoms with van der Waals surface area (Å²) in [5.74, 6) is 6.58. The zero-order chi connectivity index (χ0) is 15.8. The molecular formula is C22H37N. The van der Waals surface area contributed by atoms with E-state index < -0.39 is 0 Å². The highest BCUT2D eigenvalue weighted by Crippen LogP contribution is 2.60. The fraction of sp³-hybridized carbons (Fsp3) is 1.00. The van der Waals surface area contributed by atoms with E-state index in [0.717, 1.165) is 35.5 Å². The van der Waals surface area contributed by atoms with Crippen molar-refractivity contribution in [3.05, 3.63) is 0 Å². The van der Waals surface area contributed by atoms with Crippen molar-refractivity contribution in [3.8, 4) is 0 Å². The smallest absolute Gasteiger partial charge is 0.00407 e. The lowest BCUT2D eigenvalue weighted by Crippen LogP contribution is -2.53. The molecule has 0 aromatic heterocycles. The van der Waals surface area contributed by atoms with Crippen LogP contribution < -0.4 is 0 Å². The van der Waals surface area contributed by atoms with Gasteiger partial charge in [0, 0.05) is 13.1 Å². The number of hydrogen-bond donors (Lipinski definition) is 0. The maximum Gasteiger partial charge on any atom is 0.00407 e. The molecule has 6 fully saturated rings. The highest BCUT2D eigenvalue weighted by Gasteiger charge is 2.55. The van der Waals surface area contributed by atoms with Crippen molar-refractivity contribution in [1.82, 2.24) is 4.90 Å². The van der Waals surface area contributed by atoms with Crippen LogP contribution in [0.4, 0.5) is 0 Å². The lowest BCUT2D eigenvalue weighted by molar-refractivity contribution is -0.0541. The van der Waals surface area contributed by atoms with E-state index in [1.165, 1.54) is 38.9 Å². The molecule has 2 unspecified atom stereocenters. The Hall–Kier alpha value is -0.0400. The first kappa shape index (κ1) is 15.2. The minimum Gasteiger partial charge on any atom is -0.302 e. The highest BCUT2D eigenvalue weighted by molar-refractivity contribution is 5.06. The van der Waals surface area contributed by atoms with E-state index in [1.54, 1.807) is 32.1 Å². The Balaban J connectivity index is 1.23. The Kier molecular flexibility index (Phi) is 3.31. The van der Waals surface area contributed by atoms with Crippen molar-refractivity contribution in [2.24, 2.45) is 46.3 Å². The number of nitrogens with zero attached hydrogens (tertiary/aromatic N) is 1. The maximum absolute atomic E-state index is 2.88. The summed E-state index contributed by atoms with van der Waals surface area (Å²) in [4.78, 5) is 2.88. The fourth-order valence-electron chi connectivity index (χ4n) is 8.15. The molecule has 0 radical (unpaired) electrons. The lowest BCUT2D eigenvalue weighted by Gasteiger charge is -2.55. The molecule has 0 amide bonds. The Morgan fingerprint density at radius 3 is 2.17 bits per heavy atom. The summed E-state index contributed by atoms with van der Waals surface area (Å²) in [5.41, 5.74) is 1.16. The van der Waals surface area contributed by atoms with E-state index in [1.807, 2.05) is 0 Å². The molecule has 5 saturated carbocycles. The predicted molar refractivity (Wildman–Crippen MR) is 96.2 cm³/mol. The van der Waals surface area contributed by atoms with Crippen LogP contribution in [0.25, 0.3) is 0 Å². The molecule has 0 N–H and O–H groups in total. The zero-order valence-corrected chi connectivity index (χ0v) is 15.7. The fourth-order valence-corrected chi connectivity index (χ4v) is 8.15. The average Bonchev–Trinajstić information content (AvgIpc) is 2.62. The molecule has 1 nitrogen and oxygen atoms in total. The van der Waals surface area contributed by atoms with Crippen LogP contribution in [0.3, 0.4) is 0 Å². The molecule has 23 heavy (non-hydrogen) atoms. The number of piperidine rings is 1. The van der Waals surface area contributed by atoms with Gasteiger partial charge in [0.05, 0.1) is 0 Å². The first-order valence-electron chi connectivity index (χ1n) is 10.7. The molecule has 6 rings (SSSR count). The summed E-state index contributed by atoms with van der Waals surface area (Å²) in [6.45, 7) is 11.9. The lowest BCUT2D eigenvalue weighted by atomic mass is 9.51. The molecule has 1 heterocycles. The van der Waals surface area contributed by atoms with Gasteiger partial charge in [-0.15, -0.1) is 0 Å². The zero-order valence-electron chi connectivity index (χ0n) is 15.7. The minimum absolute atomic E-state index is 0.576. The van der Waals surface area contributed by atoms with Crippen molar-refractivity contribution in [2.75, 3.05) is 19.6 Å². The topological polar surface area (TPSA) is 3.24 Å². The van der Waals surface area contributed by atoms with Gasteiger partial charge in [-0.25, -0.2) is 0 Å². The van der Waals surface area contributed by atoms with E-state index in [4.69, 9.17) is 0 Å². The summed E-state index contributed by atoms with van der Waals surface area (Å²) in [5, 5.41) is 0. The van der Waals surface area contributed by atoms with Gasteiger partial charge in [0.15, 0.2) is 0 Å². The van der Waals surface area contributed by atoms with Crippen molar-refractivity contribution in [3.63, 3.8) is 0 Å². The molecule has 6 aliphatic rings. The summed E-state index contributed by atoms with van der Waals surface area (Å²) >= 11 is 0. The average molecular weight is 316 g/mol. The molecule has 6 bridgehead atoms. The van der Waals surface area contributed by atoms with Crippen LogP contribution in [0.5, 0.6) is 0 Å². The molecule has 5 aliphatic carbocycles. The number of fused-ring (bicyclic) bond motifs is 2. The highest BCUT2D eigenvalue weighted by atomic mass is 15.2. The second kappa shape index (κ2) is 4.99. The Morgan fingerprint density at radius 2 is 1.57 bits per heavy atom. The van der Waals surface area contributed by atoms with Crippen LogP contribution in [0.15, 0.2) is 0 Å². The Labute approximate surface area is 143 Å². The van der Waals surface area contributed by atoms with Gasteiger partial charge in [0.2, 0.25) is 0 Å². The molecular weight excluding hydrogens is 278 g/mol. The van der Waals surface area contributed by atoms with Crippen LogP contribution in [-0.2, 0) is 0 Å². The predicted octanol–water partition coefficient (Wildman–Crippen LogP) is 5.21. The largest absolute Gasteiger partial charge is 0.302 e. The van der Waals surface area contributed by atoms with Crippen LogP contribution >= 0.6 is 0 Å². The molecule has 0 spiro atoms. The van der Waals surface area contributed by atoms with Gasteiger partial charge in [-0.3, -0.25) is 0 Å². The van der Waals surface area contributed by atoms with Gasteiger partial charge >= 0.3 is 0 Å². The number of likely N-dealkylation sites (tertiary alicyclic amines) is 1. The standard InChI is InChI=1S/C22H37N/c1-21(2)19-4-6-22(21,3)14-23(13-19)7-5-20-17-9-15-8-16(11-17)12-18(20)10-15/h15-20H,4-14H2,1-3H3. The monoisotopic (exact) mass is 315 g/mol. The van der Waals surface area contributed by atoms with Gasteiger partial charge in [-0.05, 0) is 104 Å². The van der Waals surface area contributed by atoms with Crippen LogP contribution in [0, 0.1) is 46.3 Å². The van der Waals surface area contributed by atoms with Crippen molar-refractivity contribution in [2.45, 2.75) is 72.1 Å². The molecule has 1 heteroatoms. The quantitative estimate of drug-likeness (QED) is 0.691. The molecule has 0 aromatic rings. The molecule has 0 aromatic carbocycles. The molecule has 130 valence electrons. The number of hydrogen-bond acceptors (Lipinski definition) is 1. The number of rotatable bonds is 3. The Bertz CT molecular complexity index is 452. The van der Waals surface area contributed by atoms with Crippen LogP contribution in [-0.4, -0.2) is 24.5 Å². The van der Waals surface area contributed by atoms with E-state index >= 15 is 0 Å². The molecule has 2 atom stereocenters. The molecule has 1 saturated heterocycles. The van der Waals surface area contributed by atoms with Gasteiger partial charge in [0.1, 0.15) is 0 Å². The third-order valence-corrected chi connectivity index (χ3v) is 9.87. The van der Waals surface area contributed by atoms with Crippen LogP contribution in [0.2, 0.25) is 0 Å². The van der Waals surface area contributed by atoms with Gasteiger partial charge < -0.3 is 4.90 Å². The van der Waals surface area contributed by atoms with Crippen molar-refractivity contribution < 1.29 is 0 Å².